The summed E-state index contributed by atoms with van der Waals surface area (Å²) in [6.45, 7) is 1.89. The molecular formula is C15H13NO4. The second-order valence-electron chi connectivity index (χ2n) is 4.37. The van der Waals surface area contributed by atoms with Crippen molar-refractivity contribution in [3.63, 3.8) is 0 Å². The molecule has 5 heteroatoms. The molecule has 0 amide bonds. The van der Waals surface area contributed by atoms with Gasteiger partial charge in [0.15, 0.2) is 0 Å². The molecule has 0 radical (unpaired) electrons. The summed E-state index contributed by atoms with van der Waals surface area (Å²) in [4.78, 5) is 22.0. The number of benzene rings is 2. The summed E-state index contributed by atoms with van der Waals surface area (Å²) >= 11 is 0. The normalized spacial score (nSPS) is 10.1. The van der Waals surface area contributed by atoms with E-state index >= 15 is 0 Å². The van der Waals surface area contributed by atoms with Crippen molar-refractivity contribution in [3.05, 3.63) is 75.3 Å². The van der Waals surface area contributed by atoms with E-state index in [9.17, 15) is 14.9 Å². The molecule has 0 atom stereocenters. The zero-order valence-corrected chi connectivity index (χ0v) is 10.9. The van der Waals surface area contributed by atoms with Gasteiger partial charge in [-0.15, -0.1) is 0 Å². The molecule has 2 aromatic carbocycles. The molecule has 0 N–H and O–H groups in total. The van der Waals surface area contributed by atoms with Crippen molar-refractivity contribution in [1.29, 1.82) is 0 Å². The Labute approximate surface area is 116 Å². The van der Waals surface area contributed by atoms with E-state index < -0.39 is 10.9 Å². The van der Waals surface area contributed by atoms with Gasteiger partial charge in [0, 0.05) is 12.1 Å². The van der Waals surface area contributed by atoms with Crippen LogP contribution in [0, 0.1) is 17.0 Å². The standard InChI is InChI=1S/C15H13NO4/c1-11-4-2-6-13(8-11)15(17)20-10-12-5-3-7-14(9-12)16(18)19/h2-9H,10H2,1H3. The van der Waals surface area contributed by atoms with Crippen LogP contribution in [-0.2, 0) is 11.3 Å². The average Bonchev–Trinajstić information content (AvgIpc) is 2.45. The molecule has 0 saturated carbocycles. The predicted molar refractivity (Wildman–Crippen MR) is 73.4 cm³/mol. The number of nitro benzene ring substituents is 1. The van der Waals surface area contributed by atoms with Gasteiger partial charge in [0.1, 0.15) is 6.61 Å². The summed E-state index contributed by atoms with van der Waals surface area (Å²) in [5, 5.41) is 10.6. The molecule has 2 aromatic rings. The van der Waals surface area contributed by atoms with Crippen LogP contribution >= 0.6 is 0 Å². The lowest BCUT2D eigenvalue weighted by Crippen LogP contribution is -2.05. The molecule has 102 valence electrons. The number of nitro groups is 1. The lowest BCUT2D eigenvalue weighted by atomic mass is 10.1. The quantitative estimate of drug-likeness (QED) is 0.486. The molecule has 0 bridgehead atoms. The topological polar surface area (TPSA) is 69.4 Å². The fourth-order valence-corrected chi connectivity index (χ4v) is 1.76. The molecule has 0 unspecified atom stereocenters. The van der Waals surface area contributed by atoms with Gasteiger partial charge in [-0.3, -0.25) is 10.1 Å². The molecule has 2 rings (SSSR count). The van der Waals surface area contributed by atoms with Crippen LogP contribution in [0.15, 0.2) is 48.5 Å². The summed E-state index contributed by atoms with van der Waals surface area (Å²) in [6, 6.07) is 13.1. The number of esters is 1. The molecule has 0 heterocycles. The van der Waals surface area contributed by atoms with Gasteiger partial charge in [-0.2, -0.15) is 0 Å². The Balaban J connectivity index is 2.03. The highest BCUT2D eigenvalue weighted by Crippen LogP contribution is 2.14. The molecule has 0 aliphatic heterocycles. The molecule has 0 aliphatic carbocycles. The monoisotopic (exact) mass is 271 g/mol. The molecule has 0 spiro atoms. The van der Waals surface area contributed by atoms with Crippen LogP contribution in [0.25, 0.3) is 0 Å². The molecular weight excluding hydrogens is 258 g/mol. The fraction of sp³-hybridized carbons (Fsp3) is 0.133. The van der Waals surface area contributed by atoms with Gasteiger partial charge in [-0.25, -0.2) is 4.79 Å². The Morgan fingerprint density at radius 2 is 1.95 bits per heavy atom. The third kappa shape index (κ3) is 3.41. The highest BCUT2D eigenvalue weighted by Gasteiger charge is 2.09. The van der Waals surface area contributed by atoms with Crippen LogP contribution in [0.5, 0.6) is 0 Å². The number of carbonyl (C=O) groups excluding carboxylic acids is 1. The van der Waals surface area contributed by atoms with Crippen molar-refractivity contribution < 1.29 is 14.5 Å². The van der Waals surface area contributed by atoms with Crippen LogP contribution in [0.2, 0.25) is 0 Å². The number of non-ortho nitro benzene ring substituents is 1. The Hall–Kier alpha value is -2.69. The number of carbonyl (C=O) groups is 1. The van der Waals surface area contributed by atoms with Crippen molar-refractivity contribution in [2.24, 2.45) is 0 Å². The van der Waals surface area contributed by atoms with Gasteiger partial charge in [0.05, 0.1) is 10.5 Å². The van der Waals surface area contributed by atoms with Crippen molar-refractivity contribution in [2.45, 2.75) is 13.5 Å². The first-order chi connectivity index (χ1) is 9.56. The Bertz CT molecular complexity index is 652. The smallest absolute Gasteiger partial charge is 0.338 e. The minimum absolute atomic E-state index is 0.00839. The first kappa shape index (κ1) is 13.7. The largest absolute Gasteiger partial charge is 0.457 e. The third-order valence-electron chi connectivity index (χ3n) is 2.75. The molecule has 0 fully saturated rings. The van der Waals surface area contributed by atoms with Gasteiger partial charge in [0.25, 0.3) is 5.69 Å². The first-order valence-corrected chi connectivity index (χ1v) is 6.03. The van der Waals surface area contributed by atoms with Crippen molar-refractivity contribution >= 4 is 11.7 Å². The van der Waals surface area contributed by atoms with E-state index in [-0.39, 0.29) is 12.3 Å². The van der Waals surface area contributed by atoms with Gasteiger partial charge >= 0.3 is 5.97 Å². The van der Waals surface area contributed by atoms with Crippen LogP contribution in [0.3, 0.4) is 0 Å². The minimum Gasteiger partial charge on any atom is -0.457 e. The number of rotatable bonds is 4. The number of nitrogens with zero attached hydrogens (tertiary/aromatic N) is 1. The van der Waals surface area contributed by atoms with Gasteiger partial charge < -0.3 is 4.74 Å². The molecule has 0 aliphatic rings. The zero-order valence-electron chi connectivity index (χ0n) is 10.9. The van der Waals surface area contributed by atoms with E-state index in [1.54, 1.807) is 30.3 Å². The molecule has 0 saturated heterocycles. The molecule has 0 aromatic heterocycles. The summed E-state index contributed by atoms with van der Waals surface area (Å²) < 4.78 is 5.14. The van der Waals surface area contributed by atoms with Crippen molar-refractivity contribution in [3.8, 4) is 0 Å². The summed E-state index contributed by atoms with van der Waals surface area (Å²) in [5.74, 6) is -0.444. The Morgan fingerprint density at radius 3 is 2.65 bits per heavy atom. The molecule has 20 heavy (non-hydrogen) atoms. The van der Waals surface area contributed by atoms with E-state index in [0.717, 1.165) is 5.56 Å². The van der Waals surface area contributed by atoms with Crippen molar-refractivity contribution in [1.82, 2.24) is 0 Å². The maximum absolute atomic E-state index is 11.8. The summed E-state index contributed by atoms with van der Waals surface area (Å²) in [5.41, 5.74) is 2.00. The first-order valence-electron chi connectivity index (χ1n) is 6.03. The average molecular weight is 271 g/mol. The maximum Gasteiger partial charge on any atom is 0.338 e. The number of hydrogen-bond acceptors (Lipinski definition) is 4. The second kappa shape index (κ2) is 5.97. The second-order valence-corrected chi connectivity index (χ2v) is 4.37. The number of aryl methyl sites for hydroxylation is 1. The lowest BCUT2D eigenvalue weighted by molar-refractivity contribution is -0.384. The number of hydrogen-bond donors (Lipinski definition) is 0. The van der Waals surface area contributed by atoms with Crippen LogP contribution in [0.4, 0.5) is 5.69 Å². The van der Waals surface area contributed by atoms with Gasteiger partial charge in [-0.05, 0) is 24.6 Å². The Morgan fingerprint density at radius 1 is 1.20 bits per heavy atom. The van der Waals surface area contributed by atoms with E-state index in [4.69, 9.17) is 4.74 Å². The lowest BCUT2D eigenvalue weighted by Gasteiger charge is -2.05. The van der Waals surface area contributed by atoms with Crippen LogP contribution < -0.4 is 0 Å². The van der Waals surface area contributed by atoms with Crippen LogP contribution in [-0.4, -0.2) is 10.9 Å². The SMILES string of the molecule is Cc1cccc(C(=O)OCc2cccc([N+](=O)[O-])c2)c1. The third-order valence-corrected chi connectivity index (χ3v) is 2.75. The number of ether oxygens (including phenoxy) is 1. The summed E-state index contributed by atoms with van der Waals surface area (Å²) in [6.07, 6.45) is 0. The highest BCUT2D eigenvalue weighted by molar-refractivity contribution is 5.89. The summed E-state index contributed by atoms with van der Waals surface area (Å²) in [7, 11) is 0. The van der Waals surface area contributed by atoms with Gasteiger partial charge in [-0.1, -0.05) is 29.8 Å². The highest BCUT2D eigenvalue weighted by atomic mass is 16.6. The van der Waals surface area contributed by atoms with E-state index in [1.165, 1.54) is 12.1 Å². The zero-order chi connectivity index (χ0) is 14.5. The van der Waals surface area contributed by atoms with E-state index in [2.05, 4.69) is 0 Å². The van der Waals surface area contributed by atoms with Crippen LogP contribution in [0.1, 0.15) is 21.5 Å². The van der Waals surface area contributed by atoms with E-state index in [0.29, 0.717) is 11.1 Å². The maximum atomic E-state index is 11.8. The van der Waals surface area contributed by atoms with E-state index in [1.807, 2.05) is 13.0 Å². The minimum atomic E-state index is -0.480. The van der Waals surface area contributed by atoms with Gasteiger partial charge in [0.2, 0.25) is 0 Å². The predicted octanol–water partition coefficient (Wildman–Crippen LogP) is 3.26. The Kier molecular flexibility index (Phi) is 4.10. The molecule has 5 nitrogen and oxygen atoms in total. The fourth-order valence-electron chi connectivity index (χ4n) is 1.76. The van der Waals surface area contributed by atoms with Crippen molar-refractivity contribution in [2.75, 3.05) is 0 Å².